The van der Waals surface area contributed by atoms with Crippen molar-refractivity contribution in [1.82, 2.24) is 5.43 Å². The predicted octanol–water partition coefficient (Wildman–Crippen LogP) is 3.80. The summed E-state index contributed by atoms with van der Waals surface area (Å²) in [5.74, 6) is -0.317. The molecule has 20 heavy (non-hydrogen) atoms. The van der Waals surface area contributed by atoms with Gasteiger partial charge in [-0.1, -0.05) is 53.6 Å². The van der Waals surface area contributed by atoms with Crippen molar-refractivity contribution in [2.45, 2.75) is 13.8 Å². The number of carbonyl (C=O) groups excluding carboxylic acids is 1. The van der Waals surface area contributed by atoms with Crippen LogP contribution in [0.5, 0.6) is 0 Å². The average molecular weight is 287 g/mol. The van der Waals surface area contributed by atoms with Crippen LogP contribution in [0.1, 0.15) is 28.4 Å². The molecule has 0 bridgehead atoms. The van der Waals surface area contributed by atoms with Gasteiger partial charge >= 0.3 is 0 Å². The van der Waals surface area contributed by atoms with Gasteiger partial charge in [-0.05, 0) is 31.5 Å². The quantitative estimate of drug-likeness (QED) is 0.677. The molecule has 0 spiro atoms. The fraction of sp³-hybridized carbons (Fsp3) is 0.125. The number of rotatable bonds is 3. The molecule has 0 aliphatic rings. The summed E-state index contributed by atoms with van der Waals surface area (Å²) in [6.07, 6.45) is 0. The molecule has 3 nitrogen and oxygen atoms in total. The Balaban J connectivity index is 2.13. The lowest BCUT2D eigenvalue weighted by Crippen LogP contribution is -2.19. The Morgan fingerprint density at radius 2 is 1.90 bits per heavy atom. The highest BCUT2D eigenvalue weighted by molar-refractivity contribution is 6.33. The van der Waals surface area contributed by atoms with Crippen molar-refractivity contribution in [3.63, 3.8) is 0 Å². The largest absolute Gasteiger partial charge is 0.272 e. The summed E-state index contributed by atoms with van der Waals surface area (Å²) in [5.41, 5.74) is 5.80. The molecule has 0 saturated carbocycles. The highest BCUT2D eigenvalue weighted by atomic mass is 35.5. The van der Waals surface area contributed by atoms with E-state index in [0.29, 0.717) is 10.6 Å². The molecule has 2 rings (SSSR count). The highest BCUT2D eigenvalue weighted by Gasteiger charge is 2.08. The van der Waals surface area contributed by atoms with E-state index in [9.17, 15) is 4.79 Å². The van der Waals surface area contributed by atoms with E-state index in [2.05, 4.69) is 10.5 Å². The second-order valence-electron chi connectivity index (χ2n) is 4.49. The van der Waals surface area contributed by atoms with Crippen molar-refractivity contribution >= 4 is 23.2 Å². The third-order valence-corrected chi connectivity index (χ3v) is 3.21. The summed E-state index contributed by atoms with van der Waals surface area (Å²) in [7, 11) is 0. The molecule has 2 aromatic rings. The number of carbonyl (C=O) groups is 1. The molecule has 0 aliphatic carbocycles. The van der Waals surface area contributed by atoms with E-state index in [-0.39, 0.29) is 5.91 Å². The van der Waals surface area contributed by atoms with Gasteiger partial charge in [-0.25, -0.2) is 5.43 Å². The summed E-state index contributed by atoms with van der Waals surface area (Å²) in [4.78, 5) is 12.0. The molecule has 0 saturated heterocycles. The zero-order valence-electron chi connectivity index (χ0n) is 11.4. The van der Waals surface area contributed by atoms with Crippen LogP contribution in [0.4, 0.5) is 0 Å². The Kier molecular flexibility index (Phi) is 4.53. The number of hydrazone groups is 1. The van der Waals surface area contributed by atoms with Crippen molar-refractivity contribution in [2.24, 2.45) is 5.10 Å². The molecule has 2 aromatic carbocycles. The summed E-state index contributed by atoms with van der Waals surface area (Å²) in [5, 5.41) is 4.52. The molecule has 1 amide bonds. The SMILES string of the molecule is C/C(=N\NC(=O)c1ccccc1Cl)c1cccc(C)c1. The molecule has 0 atom stereocenters. The van der Waals surface area contributed by atoms with Gasteiger partial charge in [-0.3, -0.25) is 4.79 Å². The van der Waals surface area contributed by atoms with E-state index in [1.165, 1.54) is 0 Å². The smallest absolute Gasteiger partial charge is 0.267 e. The fourth-order valence-corrected chi connectivity index (χ4v) is 2.00. The lowest BCUT2D eigenvalue weighted by Gasteiger charge is -2.05. The van der Waals surface area contributed by atoms with Crippen LogP contribution in [0.15, 0.2) is 53.6 Å². The van der Waals surface area contributed by atoms with E-state index in [0.717, 1.165) is 16.8 Å². The number of hydrogen-bond acceptors (Lipinski definition) is 2. The van der Waals surface area contributed by atoms with Crippen LogP contribution >= 0.6 is 11.6 Å². The van der Waals surface area contributed by atoms with Crippen LogP contribution in [0.25, 0.3) is 0 Å². The Bertz CT molecular complexity index is 665. The molecule has 0 aromatic heterocycles. The lowest BCUT2D eigenvalue weighted by atomic mass is 10.1. The Hall–Kier alpha value is -2.13. The van der Waals surface area contributed by atoms with E-state index in [1.807, 2.05) is 38.1 Å². The van der Waals surface area contributed by atoms with Crippen molar-refractivity contribution in [1.29, 1.82) is 0 Å². The molecule has 0 radical (unpaired) electrons. The zero-order chi connectivity index (χ0) is 14.5. The van der Waals surface area contributed by atoms with Crippen molar-refractivity contribution in [2.75, 3.05) is 0 Å². The number of nitrogens with zero attached hydrogens (tertiary/aromatic N) is 1. The van der Waals surface area contributed by atoms with E-state index < -0.39 is 0 Å². The first kappa shape index (κ1) is 14.3. The van der Waals surface area contributed by atoms with E-state index in [1.54, 1.807) is 24.3 Å². The molecule has 0 unspecified atom stereocenters. The topological polar surface area (TPSA) is 41.5 Å². The van der Waals surface area contributed by atoms with Gasteiger partial charge in [-0.2, -0.15) is 5.10 Å². The molecule has 0 aliphatic heterocycles. The van der Waals surface area contributed by atoms with Crippen LogP contribution < -0.4 is 5.43 Å². The van der Waals surface area contributed by atoms with Gasteiger partial charge in [-0.15, -0.1) is 0 Å². The maximum absolute atomic E-state index is 12.0. The van der Waals surface area contributed by atoms with Gasteiger partial charge in [0.25, 0.3) is 5.91 Å². The number of halogens is 1. The maximum Gasteiger partial charge on any atom is 0.272 e. The Morgan fingerprint density at radius 3 is 2.60 bits per heavy atom. The minimum atomic E-state index is -0.317. The summed E-state index contributed by atoms with van der Waals surface area (Å²) < 4.78 is 0. The number of amides is 1. The lowest BCUT2D eigenvalue weighted by molar-refractivity contribution is 0.0955. The van der Waals surface area contributed by atoms with Crippen molar-refractivity contribution in [3.8, 4) is 0 Å². The highest BCUT2D eigenvalue weighted by Crippen LogP contribution is 2.14. The van der Waals surface area contributed by atoms with Gasteiger partial charge in [0.1, 0.15) is 0 Å². The Morgan fingerprint density at radius 1 is 1.15 bits per heavy atom. The summed E-state index contributed by atoms with van der Waals surface area (Å²) in [6, 6.07) is 14.8. The third kappa shape index (κ3) is 3.45. The maximum atomic E-state index is 12.0. The van der Waals surface area contributed by atoms with Crippen LogP contribution in [0.2, 0.25) is 5.02 Å². The summed E-state index contributed by atoms with van der Waals surface area (Å²) >= 11 is 5.96. The zero-order valence-corrected chi connectivity index (χ0v) is 12.1. The number of nitrogens with one attached hydrogen (secondary N) is 1. The van der Waals surface area contributed by atoms with Gasteiger partial charge in [0.2, 0.25) is 0 Å². The number of benzene rings is 2. The molecule has 4 heteroatoms. The Labute approximate surface area is 123 Å². The van der Waals surface area contributed by atoms with Gasteiger partial charge in [0.05, 0.1) is 16.3 Å². The molecule has 0 heterocycles. The first-order valence-electron chi connectivity index (χ1n) is 6.24. The van der Waals surface area contributed by atoms with Crippen LogP contribution in [0, 0.1) is 6.92 Å². The average Bonchev–Trinajstić information content (AvgIpc) is 2.45. The second-order valence-corrected chi connectivity index (χ2v) is 4.89. The standard InChI is InChI=1S/C16H15ClN2O/c1-11-6-5-7-13(10-11)12(2)18-19-16(20)14-8-3-4-9-15(14)17/h3-10H,1-2H3,(H,19,20)/b18-12+. The fourth-order valence-electron chi connectivity index (χ4n) is 1.77. The van der Waals surface area contributed by atoms with E-state index in [4.69, 9.17) is 11.6 Å². The van der Waals surface area contributed by atoms with Gasteiger partial charge < -0.3 is 0 Å². The normalized spacial score (nSPS) is 11.2. The predicted molar refractivity (Wildman–Crippen MR) is 82.3 cm³/mol. The molecular formula is C16H15ClN2O. The molecular weight excluding hydrogens is 272 g/mol. The monoisotopic (exact) mass is 286 g/mol. The third-order valence-electron chi connectivity index (χ3n) is 2.88. The molecule has 102 valence electrons. The summed E-state index contributed by atoms with van der Waals surface area (Å²) in [6.45, 7) is 3.86. The molecule has 0 fully saturated rings. The van der Waals surface area contributed by atoms with Crippen molar-refractivity contribution < 1.29 is 4.79 Å². The first-order valence-corrected chi connectivity index (χ1v) is 6.62. The van der Waals surface area contributed by atoms with Gasteiger partial charge in [0.15, 0.2) is 0 Å². The molecule has 1 N–H and O–H groups in total. The van der Waals surface area contributed by atoms with Gasteiger partial charge in [0, 0.05) is 0 Å². The second kappa shape index (κ2) is 6.35. The minimum Gasteiger partial charge on any atom is -0.267 e. The number of hydrogen-bond donors (Lipinski definition) is 1. The van der Waals surface area contributed by atoms with E-state index >= 15 is 0 Å². The van der Waals surface area contributed by atoms with Crippen molar-refractivity contribution in [3.05, 3.63) is 70.2 Å². The van der Waals surface area contributed by atoms with Crippen LogP contribution in [0.3, 0.4) is 0 Å². The minimum absolute atomic E-state index is 0.317. The number of aryl methyl sites for hydroxylation is 1. The van der Waals surface area contributed by atoms with Crippen LogP contribution in [-0.2, 0) is 0 Å². The first-order chi connectivity index (χ1) is 9.58. The van der Waals surface area contributed by atoms with Crippen LogP contribution in [-0.4, -0.2) is 11.6 Å².